The van der Waals surface area contributed by atoms with Gasteiger partial charge in [0.25, 0.3) is 5.91 Å². The summed E-state index contributed by atoms with van der Waals surface area (Å²) < 4.78 is 6.29. The highest BCUT2D eigenvalue weighted by molar-refractivity contribution is 6.05. The molecule has 0 spiro atoms. The van der Waals surface area contributed by atoms with E-state index < -0.39 is 17.6 Å². The van der Waals surface area contributed by atoms with Gasteiger partial charge in [0.2, 0.25) is 11.8 Å². The number of fused-ring (bicyclic) bond motifs is 1. The molecular weight excluding hydrogens is 384 g/mol. The Hall–Kier alpha value is -2.41. The first-order valence-electron chi connectivity index (χ1n) is 10.6. The molecule has 1 saturated heterocycles. The summed E-state index contributed by atoms with van der Waals surface area (Å²) >= 11 is 0. The molecule has 1 unspecified atom stereocenters. The number of imide groups is 1. The van der Waals surface area contributed by atoms with E-state index >= 15 is 0 Å². The molecule has 2 N–H and O–H groups in total. The second kappa shape index (κ2) is 8.02. The second-order valence-corrected chi connectivity index (χ2v) is 9.71. The lowest BCUT2D eigenvalue weighted by Crippen LogP contribution is -2.52. The second-order valence-electron chi connectivity index (χ2n) is 9.71. The van der Waals surface area contributed by atoms with Gasteiger partial charge in [0.1, 0.15) is 17.9 Å². The number of hydrogen-bond acceptors (Lipinski definition) is 5. The fourth-order valence-corrected chi connectivity index (χ4v) is 4.81. The Kier molecular flexibility index (Phi) is 5.96. The van der Waals surface area contributed by atoms with Crippen LogP contribution in [-0.2, 0) is 16.1 Å². The maximum atomic E-state index is 12.8. The molecule has 2 heterocycles. The number of hydrogen-bond donors (Lipinski definition) is 2. The van der Waals surface area contributed by atoms with Crippen LogP contribution in [0.2, 0.25) is 0 Å². The summed E-state index contributed by atoms with van der Waals surface area (Å²) in [6, 6.07) is 4.77. The standard InChI is InChI=1S/C23H32N2O5/c1-6-18(22(2,3)13-23(4,5)29)30-15-7-8-16-14(11-15)12-25(21(16)28)17-9-10-19(26)24-20(17)27/h7-8,11,17-18,29H,6,9-10,12-13H2,1-5H3,(H,24,26,27)/t17?,18-/m0/s1. The number of carbonyl (C=O) groups is 3. The quantitative estimate of drug-likeness (QED) is 0.667. The number of piperidine rings is 1. The predicted octanol–water partition coefficient (Wildman–Crippen LogP) is 2.79. The number of ether oxygens (including phenoxy) is 1. The van der Waals surface area contributed by atoms with E-state index in [1.807, 2.05) is 6.07 Å². The summed E-state index contributed by atoms with van der Waals surface area (Å²) in [4.78, 5) is 38.0. The molecule has 1 aromatic carbocycles. The predicted molar refractivity (Wildman–Crippen MR) is 112 cm³/mol. The first kappa shape index (κ1) is 22.3. The Morgan fingerprint density at radius 1 is 1.23 bits per heavy atom. The van der Waals surface area contributed by atoms with Crippen LogP contribution in [0.15, 0.2) is 18.2 Å². The molecule has 3 amide bonds. The van der Waals surface area contributed by atoms with E-state index in [1.54, 1.807) is 26.0 Å². The highest BCUT2D eigenvalue weighted by atomic mass is 16.5. The highest BCUT2D eigenvalue weighted by Gasteiger charge is 2.40. The summed E-state index contributed by atoms with van der Waals surface area (Å²) in [5, 5.41) is 12.6. The Balaban J connectivity index is 1.76. The maximum absolute atomic E-state index is 12.8. The number of rotatable bonds is 7. The summed E-state index contributed by atoms with van der Waals surface area (Å²) in [5.74, 6) is -0.235. The molecule has 2 aliphatic heterocycles. The molecule has 0 aromatic heterocycles. The monoisotopic (exact) mass is 416 g/mol. The van der Waals surface area contributed by atoms with Crippen molar-refractivity contribution in [2.45, 2.75) is 84.6 Å². The highest BCUT2D eigenvalue weighted by Crippen LogP contribution is 2.37. The van der Waals surface area contributed by atoms with Crippen LogP contribution in [0.3, 0.4) is 0 Å². The van der Waals surface area contributed by atoms with Gasteiger partial charge in [-0.05, 0) is 56.9 Å². The molecule has 0 aliphatic carbocycles. The number of amides is 3. The van der Waals surface area contributed by atoms with E-state index in [0.29, 0.717) is 30.7 Å². The van der Waals surface area contributed by atoms with E-state index in [0.717, 1.165) is 12.0 Å². The molecule has 1 aromatic rings. The molecule has 0 radical (unpaired) electrons. The smallest absolute Gasteiger partial charge is 0.255 e. The van der Waals surface area contributed by atoms with Crippen LogP contribution >= 0.6 is 0 Å². The molecule has 7 nitrogen and oxygen atoms in total. The van der Waals surface area contributed by atoms with Gasteiger partial charge in [-0.2, -0.15) is 0 Å². The third-order valence-corrected chi connectivity index (χ3v) is 5.90. The van der Waals surface area contributed by atoms with Gasteiger partial charge in [-0.1, -0.05) is 20.8 Å². The lowest BCUT2D eigenvalue weighted by atomic mass is 9.76. The van der Waals surface area contributed by atoms with Crippen molar-refractivity contribution < 1.29 is 24.2 Å². The van der Waals surface area contributed by atoms with Crippen LogP contribution in [0, 0.1) is 5.41 Å². The molecule has 7 heteroatoms. The van der Waals surface area contributed by atoms with Crippen molar-refractivity contribution in [3.63, 3.8) is 0 Å². The van der Waals surface area contributed by atoms with Crippen LogP contribution in [0.25, 0.3) is 0 Å². The van der Waals surface area contributed by atoms with Crippen molar-refractivity contribution in [2.75, 3.05) is 0 Å². The van der Waals surface area contributed by atoms with Crippen molar-refractivity contribution in [3.05, 3.63) is 29.3 Å². The van der Waals surface area contributed by atoms with Crippen molar-refractivity contribution in [2.24, 2.45) is 5.41 Å². The number of nitrogens with zero attached hydrogens (tertiary/aromatic N) is 1. The average molecular weight is 417 g/mol. The van der Waals surface area contributed by atoms with E-state index in [1.165, 1.54) is 4.90 Å². The fraction of sp³-hybridized carbons (Fsp3) is 0.609. The average Bonchev–Trinajstić information content (AvgIpc) is 2.93. The number of aliphatic hydroxyl groups is 1. The Morgan fingerprint density at radius 2 is 1.93 bits per heavy atom. The van der Waals surface area contributed by atoms with E-state index in [4.69, 9.17) is 4.74 Å². The van der Waals surface area contributed by atoms with Gasteiger partial charge >= 0.3 is 0 Å². The van der Waals surface area contributed by atoms with Gasteiger partial charge in [0.05, 0.1) is 5.60 Å². The van der Waals surface area contributed by atoms with Gasteiger partial charge in [0.15, 0.2) is 0 Å². The van der Waals surface area contributed by atoms with Crippen LogP contribution in [0.1, 0.15) is 76.2 Å². The minimum Gasteiger partial charge on any atom is -0.490 e. The first-order valence-corrected chi connectivity index (χ1v) is 10.6. The first-order chi connectivity index (χ1) is 13.9. The molecule has 0 saturated carbocycles. The summed E-state index contributed by atoms with van der Waals surface area (Å²) in [6.07, 6.45) is 1.84. The van der Waals surface area contributed by atoms with Crippen LogP contribution in [0.4, 0.5) is 0 Å². The Labute approximate surface area is 177 Å². The maximum Gasteiger partial charge on any atom is 0.255 e. The molecule has 2 aliphatic rings. The van der Waals surface area contributed by atoms with Crippen LogP contribution in [-0.4, -0.2) is 45.5 Å². The van der Waals surface area contributed by atoms with Gasteiger partial charge in [-0.3, -0.25) is 19.7 Å². The molecular formula is C23H32N2O5. The summed E-state index contributed by atoms with van der Waals surface area (Å²) in [6.45, 7) is 10.1. The molecule has 1 fully saturated rings. The van der Waals surface area contributed by atoms with Crippen LogP contribution < -0.4 is 10.1 Å². The molecule has 3 rings (SSSR count). The minimum absolute atomic E-state index is 0.106. The summed E-state index contributed by atoms with van der Waals surface area (Å²) in [7, 11) is 0. The van der Waals surface area contributed by atoms with Gasteiger partial charge in [0, 0.05) is 23.9 Å². The zero-order valence-corrected chi connectivity index (χ0v) is 18.4. The SMILES string of the molecule is CC[C@H](Oc1ccc2c(c1)CN(C1CCC(=O)NC1=O)C2=O)C(C)(C)CC(C)(C)O. The third kappa shape index (κ3) is 4.67. The number of benzene rings is 1. The van der Waals surface area contributed by atoms with Crippen molar-refractivity contribution in [3.8, 4) is 5.75 Å². The van der Waals surface area contributed by atoms with Gasteiger partial charge in [-0.15, -0.1) is 0 Å². The fourth-order valence-electron chi connectivity index (χ4n) is 4.81. The van der Waals surface area contributed by atoms with E-state index in [-0.39, 0.29) is 29.8 Å². The van der Waals surface area contributed by atoms with Crippen LogP contribution in [0.5, 0.6) is 5.75 Å². The normalized spacial score (nSPS) is 20.8. The number of carbonyl (C=O) groups excluding carboxylic acids is 3. The third-order valence-electron chi connectivity index (χ3n) is 5.90. The Morgan fingerprint density at radius 3 is 2.53 bits per heavy atom. The summed E-state index contributed by atoms with van der Waals surface area (Å²) in [5.41, 5.74) is 0.335. The van der Waals surface area contributed by atoms with Crippen molar-refractivity contribution in [1.82, 2.24) is 10.2 Å². The lowest BCUT2D eigenvalue weighted by molar-refractivity contribution is -0.136. The lowest BCUT2D eigenvalue weighted by Gasteiger charge is -2.38. The molecule has 2 atom stereocenters. The van der Waals surface area contributed by atoms with E-state index in [2.05, 4.69) is 26.1 Å². The Bertz CT molecular complexity index is 856. The molecule has 30 heavy (non-hydrogen) atoms. The van der Waals surface area contributed by atoms with Gasteiger partial charge in [-0.25, -0.2) is 0 Å². The largest absolute Gasteiger partial charge is 0.490 e. The minimum atomic E-state index is -0.799. The van der Waals surface area contributed by atoms with Gasteiger partial charge < -0.3 is 14.7 Å². The van der Waals surface area contributed by atoms with E-state index in [9.17, 15) is 19.5 Å². The van der Waals surface area contributed by atoms with Crippen molar-refractivity contribution in [1.29, 1.82) is 0 Å². The molecule has 0 bridgehead atoms. The van der Waals surface area contributed by atoms with Crippen molar-refractivity contribution >= 4 is 17.7 Å². The number of nitrogens with one attached hydrogen (secondary N) is 1. The zero-order valence-electron chi connectivity index (χ0n) is 18.4. The topological polar surface area (TPSA) is 95.9 Å². The zero-order chi connectivity index (χ0) is 22.3. The molecule has 164 valence electrons.